The summed E-state index contributed by atoms with van der Waals surface area (Å²) in [7, 11) is 0. The van der Waals surface area contributed by atoms with Crippen molar-refractivity contribution in [2.75, 3.05) is 5.88 Å². The molecule has 0 aromatic heterocycles. The third-order valence-corrected chi connectivity index (χ3v) is 3.99. The van der Waals surface area contributed by atoms with Gasteiger partial charge in [-0.25, -0.2) is 0 Å². The van der Waals surface area contributed by atoms with Crippen molar-refractivity contribution < 1.29 is 4.74 Å². The molecule has 1 nitrogen and oxygen atoms in total. The molecule has 0 N–H and O–H groups in total. The highest BCUT2D eigenvalue weighted by atomic mass is 35.5. The van der Waals surface area contributed by atoms with Crippen LogP contribution in [0.3, 0.4) is 0 Å². The average molecular weight is 261 g/mol. The summed E-state index contributed by atoms with van der Waals surface area (Å²) in [5.41, 5.74) is 0. The van der Waals surface area contributed by atoms with E-state index in [1.165, 1.54) is 70.6 Å². The minimum atomic E-state index is 0.384. The Morgan fingerprint density at radius 2 is 1.29 bits per heavy atom. The van der Waals surface area contributed by atoms with E-state index < -0.39 is 0 Å². The molecule has 1 aliphatic heterocycles. The molecule has 102 valence electrons. The number of epoxide rings is 1. The lowest BCUT2D eigenvalue weighted by molar-refractivity contribution is 0.365. The maximum atomic E-state index is 5.70. The summed E-state index contributed by atoms with van der Waals surface area (Å²) in [6, 6.07) is 0. The molecular formula is C15H29ClO. The SMILES string of the molecule is CCCCCCCCCCCC[C@@H]1O[C@H]1CCl. The minimum Gasteiger partial charge on any atom is -0.368 e. The molecule has 0 bridgehead atoms. The second kappa shape index (κ2) is 10.2. The van der Waals surface area contributed by atoms with Gasteiger partial charge >= 0.3 is 0 Å². The van der Waals surface area contributed by atoms with E-state index in [4.69, 9.17) is 16.3 Å². The highest BCUT2D eigenvalue weighted by Crippen LogP contribution is 2.28. The topological polar surface area (TPSA) is 12.5 Å². The van der Waals surface area contributed by atoms with Gasteiger partial charge in [0.05, 0.1) is 18.1 Å². The number of halogens is 1. The molecule has 0 saturated carbocycles. The third kappa shape index (κ3) is 8.05. The lowest BCUT2D eigenvalue weighted by atomic mass is 10.0. The Balaban J connectivity index is 1.68. The van der Waals surface area contributed by atoms with Gasteiger partial charge in [0.25, 0.3) is 0 Å². The Bertz CT molecular complexity index is 172. The Morgan fingerprint density at radius 1 is 0.765 bits per heavy atom. The van der Waals surface area contributed by atoms with Crippen LogP contribution in [0.4, 0.5) is 0 Å². The molecule has 1 fully saturated rings. The molecule has 0 aromatic rings. The molecule has 0 aromatic carbocycles. The van der Waals surface area contributed by atoms with Crippen molar-refractivity contribution >= 4 is 11.6 Å². The zero-order valence-electron chi connectivity index (χ0n) is 11.4. The maximum Gasteiger partial charge on any atom is 0.0976 e. The molecule has 1 saturated heterocycles. The number of rotatable bonds is 12. The van der Waals surface area contributed by atoms with E-state index in [1.54, 1.807) is 0 Å². The largest absolute Gasteiger partial charge is 0.368 e. The monoisotopic (exact) mass is 260 g/mol. The number of hydrogen-bond acceptors (Lipinski definition) is 1. The van der Waals surface area contributed by atoms with E-state index in [-0.39, 0.29) is 0 Å². The van der Waals surface area contributed by atoms with Gasteiger partial charge in [0.15, 0.2) is 0 Å². The number of unbranched alkanes of at least 4 members (excludes halogenated alkanes) is 9. The van der Waals surface area contributed by atoms with Gasteiger partial charge in [0.1, 0.15) is 0 Å². The van der Waals surface area contributed by atoms with Crippen molar-refractivity contribution in [3.8, 4) is 0 Å². The molecule has 17 heavy (non-hydrogen) atoms. The molecule has 0 amide bonds. The van der Waals surface area contributed by atoms with Crippen molar-refractivity contribution in [3.05, 3.63) is 0 Å². The molecule has 0 radical (unpaired) electrons. The summed E-state index contributed by atoms with van der Waals surface area (Å²) in [6.45, 7) is 2.28. The Morgan fingerprint density at radius 3 is 1.76 bits per heavy atom. The molecule has 1 aliphatic rings. The van der Waals surface area contributed by atoms with Crippen molar-refractivity contribution in [2.24, 2.45) is 0 Å². The molecule has 2 heteroatoms. The van der Waals surface area contributed by atoms with Gasteiger partial charge in [-0.05, 0) is 6.42 Å². The first kappa shape index (κ1) is 15.3. The van der Waals surface area contributed by atoms with Gasteiger partial charge in [-0.3, -0.25) is 0 Å². The summed E-state index contributed by atoms with van der Waals surface area (Å²) in [6.07, 6.45) is 16.2. The molecule has 0 unspecified atom stereocenters. The van der Waals surface area contributed by atoms with Crippen molar-refractivity contribution in [3.63, 3.8) is 0 Å². The zero-order chi connectivity index (χ0) is 12.3. The summed E-state index contributed by atoms with van der Waals surface area (Å²) in [5.74, 6) is 0.683. The standard InChI is InChI=1S/C15H29ClO/c1-2-3-4-5-6-7-8-9-10-11-12-14-15(13-16)17-14/h14-15H,2-13H2,1H3/t14-,15-/m0/s1. The van der Waals surface area contributed by atoms with E-state index >= 15 is 0 Å². The van der Waals surface area contributed by atoms with Crippen LogP contribution in [0.2, 0.25) is 0 Å². The van der Waals surface area contributed by atoms with Crippen molar-refractivity contribution in [1.82, 2.24) is 0 Å². The average Bonchev–Trinajstić information content (AvgIpc) is 3.10. The molecule has 0 aliphatic carbocycles. The second-order valence-corrected chi connectivity index (χ2v) is 5.65. The summed E-state index contributed by atoms with van der Waals surface area (Å²) >= 11 is 5.70. The van der Waals surface area contributed by atoms with Crippen LogP contribution in [0.5, 0.6) is 0 Å². The fraction of sp³-hybridized carbons (Fsp3) is 1.00. The second-order valence-electron chi connectivity index (χ2n) is 5.34. The quantitative estimate of drug-likeness (QED) is 0.263. The molecule has 1 heterocycles. The summed E-state index contributed by atoms with van der Waals surface area (Å²) < 4.78 is 5.42. The summed E-state index contributed by atoms with van der Waals surface area (Å²) in [5, 5.41) is 0. The summed E-state index contributed by atoms with van der Waals surface area (Å²) in [4.78, 5) is 0. The van der Waals surface area contributed by atoms with E-state index in [9.17, 15) is 0 Å². The van der Waals surface area contributed by atoms with Crippen molar-refractivity contribution in [2.45, 2.75) is 89.8 Å². The molecule has 0 spiro atoms. The van der Waals surface area contributed by atoms with E-state index in [2.05, 4.69) is 6.92 Å². The van der Waals surface area contributed by atoms with E-state index in [1.807, 2.05) is 0 Å². The molecule has 1 rings (SSSR count). The van der Waals surface area contributed by atoms with E-state index in [0.29, 0.717) is 18.1 Å². The lowest BCUT2D eigenvalue weighted by Gasteiger charge is -2.01. The normalized spacial score (nSPS) is 22.9. The van der Waals surface area contributed by atoms with E-state index in [0.717, 1.165) is 0 Å². The zero-order valence-corrected chi connectivity index (χ0v) is 12.2. The fourth-order valence-corrected chi connectivity index (χ4v) is 2.67. The fourth-order valence-electron chi connectivity index (χ4n) is 2.40. The molecule has 2 atom stereocenters. The first-order valence-electron chi connectivity index (χ1n) is 7.60. The van der Waals surface area contributed by atoms with Crippen LogP contribution < -0.4 is 0 Å². The maximum absolute atomic E-state index is 5.70. The van der Waals surface area contributed by atoms with Crippen LogP contribution in [-0.4, -0.2) is 18.1 Å². The number of hydrogen-bond donors (Lipinski definition) is 0. The smallest absolute Gasteiger partial charge is 0.0976 e. The van der Waals surface area contributed by atoms with Gasteiger partial charge < -0.3 is 4.74 Å². The van der Waals surface area contributed by atoms with Gasteiger partial charge in [-0.1, -0.05) is 71.1 Å². The van der Waals surface area contributed by atoms with Gasteiger partial charge in [0, 0.05) is 0 Å². The van der Waals surface area contributed by atoms with Crippen LogP contribution in [0.25, 0.3) is 0 Å². The molecular weight excluding hydrogens is 232 g/mol. The Kier molecular flexibility index (Phi) is 9.18. The highest BCUT2D eigenvalue weighted by molar-refractivity contribution is 6.18. The minimum absolute atomic E-state index is 0.384. The van der Waals surface area contributed by atoms with Crippen LogP contribution in [0.1, 0.15) is 77.6 Å². The number of alkyl halides is 1. The van der Waals surface area contributed by atoms with Gasteiger partial charge in [-0.2, -0.15) is 0 Å². The lowest BCUT2D eigenvalue weighted by Crippen LogP contribution is -1.94. The Labute approximate surface area is 112 Å². The van der Waals surface area contributed by atoms with Crippen LogP contribution in [0.15, 0.2) is 0 Å². The third-order valence-electron chi connectivity index (χ3n) is 3.68. The van der Waals surface area contributed by atoms with Crippen LogP contribution >= 0.6 is 11.6 Å². The number of ether oxygens (including phenoxy) is 1. The van der Waals surface area contributed by atoms with Crippen LogP contribution in [0, 0.1) is 0 Å². The first-order valence-corrected chi connectivity index (χ1v) is 8.13. The van der Waals surface area contributed by atoms with Gasteiger partial charge in [-0.15, -0.1) is 11.6 Å². The Hall–Kier alpha value is 0.250. The van der Waals surface area contributed by atoms with Crippen LogP contribution in [-0.2, 0) is 4.74 Å². The van der Waals surface area contributed by atoms with Gasteiger partial charge in [0.2, 0.25) is 0 Å². The highest BCUT2D eigenvalue weighted by Gasteiger charge is 2.36. The van der Waals surface area contributed by atoms with Crippen molar-refractivity contribution in [1.29, 1.82) is 0 Å². The predicted octanol–water partition coefficient (Wildman–Crippen LogP) is 5.30. The first-order chi connectivity index (χ1) is 8.38. The predicted molar refractivity (Wildman–Crippen MR) is 75.8 cm³/mol.